The third-order valence-electron chi connectivity index (χ3n) is 1.95. The van der Waals surface area contributed by atoms with Gasteiger partial charge in [0.15, 0.2) is 6.29 Å². The van der Waals surface area contributed by atoms with Crippen molar-refractivity contribution >= 4 is 22.2 Å². The molecule has 16 heavy (non-hydrogen) atoms. The molecule has 1 heterocycles. The Morgan fingerprint density at radius 3 is 2.81 bits per heavy atom. The number of aldehydes is 1. The molecule has 80 valence electrons. The van der Waals surface area contributed by atoms with Crippen molar-refractivity contribution in [2.24, 2.45) is 0 Å². The fourth-order valence-corrected chi connectivity index (χ4v) is 1.59. The van der Waals surface area contributed by atoms with Crippen LogP contribution in [0.3, 0.4) is 0 Å². The first kappa shape index (κ1) is 10.8. The van der Waals surface area contributed by atoms with Crippen LogP contribution in [0.25, 0.3) is 0 Å². The average Bonchev–Trinajstić information content (AvgIpc) is 2.30. The third-order valence-corrected chi connectivity index (χ3v) is 2.39. The van der Waals surface area contributed by atoms with Crippen LogP contribution in [0, 0.1) is 0 Å². The second-order valence-corrected chi connectivity index (χ2v) is 4.01. The second kappa shape index (κ2) is 4.90. The van der Waals surface area contributed by atoms with E-state index in [4.69, 9.17) is 4.74 Å². The van der Waals surface area contributed by atoms with Gasteiger partial charge in [-0.25, -0.2) is 0 Å². The number of carbonyl (C=O) groups is 1. The predicted molar refractivity (Wildman–Crippen MR) is 63.8 cm³/mol. The standard InChI is InChI=1S/C12H8BrNO2/c13-10-5-11(7-14-6-10)16-12-4-2-1-3-9(12)8-15/h1-8H. The van der Waals surface area contributed by atoms with Gasteiger partial charge in [-0.2, -0.15) is 0 Å². The normalized spacial score (nSPS) is 9.81. The van der Waals surface area contributed by atoms with Crippen LogP contribution in [0.15, 0.2) is 47.2 Å². The molecule has 0 N–H and O–H groups in total. The molecule has 0 spiro atoms. The van der Waals surface area contributed by atoms with Gasteiger partial charge in [-0.15, -0.1) is 0 Å². The van der Waals surface area contributed by atoms with E-state index in [0.717, 1.165) is 10.8 Å². The Morgan fingerprint density at radius 1 is 1.25 bits per heavy atom. The van der Waals surface area contributed by atoms with E-state index >= 15 is 0 Å². The quantitative estimate of drug-likeness (QED) is 0.807. The number of benzene rings is 1. The summed E-state index contributed by atoms with van der Waals surface area (Å²) in [4.78, 5) is 14.8. The molecule has 0 bridgehead atoms. The van der Waals surface area contributed by atoms with Crippen molar-refractivity contribution in [2.45, 2.75) is 0 Å². The molecule has 0 amide bonds. The maximum Gasteiger partial charge on any atom is 0.153 e. The van der Waals surface area contributed by atoms with Gasteiger partial charge in [0, 0.05) is 10.7 Å². The van der Waals surface area contributed by atoms with Crippen molar-refractivity contribution in [1.82, 2.24) is 4.98 Å². The number of hydrogen-bond acceptors (Lipinski definition) is 3. The Bertz CT molecular complexity index is 514. The fraction of sp³-hybridized carbons (Fsp3) is 0. The minimum absolute atomic E-state index is 0.516. The molecule has 0 aliphatic rings. The van der Waals surface area contributed by atoms with Gasteiger partial charge in [0.2, 0.25) is 0 Å². The van der Waals surface area contributed by atoms with Crippen LogP contribution in [0.5, 0.6) is 11.5 Å². The number of aromatic nitrogens is 1. The van der Waals surface area contributed by atoms with Gasteiger partial charge in [0.1, 0.15) is 11.5 Å². The summed E-state index contributed by atoms with van der Waals surface area (Å²) in [6.45, 7) is 0. The van der Waals surface area contributed by atoms with E-state index in [1.807, 2.05) is 6.07 Å². The molecule has 0 atom stereocenters. The highest BCUT2D eigenvalue weighted by molar-refractivity contribution is 9.10. The molecule has 4 heteroatoms. The lowest BCUT2D eigenvalue weighted by atomic mass is 10.2. The van der Waals surface area contributed by atoms with Crippen LogP contribution in [0.1, 0.15) is 10.4 Å². The highest BCUT2D eigenvalue weighted by atomic mass is 79.9. The fourth-order valence-electron chi connectivity index (χ4n) is 1.25. The Morgan fingerprint density at radius 2 is 2.06 bits per heavy atom. The Kier molecular flexibility index (Phi) is 3.31. The SMILES string of the molecule is O=Cc1ccccc1Oc1cncc(Br)c1. The zero-order valence-electron chi connectivity index (χ0n) is 8.26. The molecule has 1 aromatic heterocycles. The zero-order valence-corrected chi connectivity index (χ0v) is 9.85. The molecule has 0 radical (unpaired) electrons. The number of nitrogens with zero attached hydrogens (tertiary/aromatic N) is 1. The van der Waals surface area contributed by atoms with Crippen LogP contribution in [0.2, 0.25) is 0 Å². The van der Waals surface area contributed by atoms with E-state index in [1.165, 1.54) is 0 Å². The molecule has 0 unspecified atom stereocenters. The van der Waals surface area contributed by atoms with E-state index < -0.39 is 0 Å². The topological polar surface area (TPSA) is 39.2 Å². The molecule has 3 nitrogen and oxygen atoms in total. The summed E-state index contributed by atoms with van der Waals surface area (Å²) in [5.41, 5.74) is 0.516. The summed E-state index contributed by atoms with van der Waals surface area (Å²) in [7, 11) is 0. The number of halogens is 1. The van der Waals surface area contributed by atoms with E-state index in [9.17, 15) is 4.79 Å². The van der Waals surface area contributed by atoms with Crippen molar-refractivity contribution in [3.05, 3.63) is 52.8 Å². The minimum atomic E-state index is 0.516. The average molecular weight is 278 g/mol. The van der Waals surface area contributed by atoms with Crippen molar-refractivity contribution in [1.29, 1.82) is 0 Å². The highest BCUT2D eigenvalue weighted by Crippen LogP contribution is 2.25. The Hall–Kier alpha value is -1.68. The van der Waals surface area contributed by atoms with E-state index in [-0.39, 0.29) is 0 Å². The van der Waals surface area contributed by atoms with Crippen LogP contribution in [-0.2, 0) is 0 Å². The molecule has 2 rings (SSSR count). The summed E-state index contributed by atoms with van der Waals surface area (Å²) in [5.74, 6) is 1.11. The van der Waals surface area contributed by atoms with Crippen LogP contribution in [0.4, 0.5) is 0 Å². The molecular weight excluding hydrogens is 270 g/mol. The van der Waals surface area contributed by atoms with Gasteiger partial charge in [-0.1, -0.05) is 12.1 Å². The van der Waals surface area contributed by atoms with Crippen LogP contribution >= 0.6 is 15.9 Å². The Labute approximate surface area is 101 Å². The van der Waals surface area contributed by atoms with Crippen LogP contribution < -0.4 is 4.74 Å². The van der Waals surface area contributed by atoms with Gasteiger partial charge in [0.25, 0.3) is 0 Å². The molecule has 0 aliphatic heterocycles. The Balaban J connectivity index is 2.30. The molecule has 2 aromatic rings. The first-order valence-electron chi connectivity index (χ1n) is 4.62. The number of ether oxygens (including phenoxy) is 1. The summed E-state index contributed by atoms with van der Waals surface area (Å²) < 4.78 is 6.38. The molecule has 0 saturated carbocycles. The number of hydrogen-bond donors (Lipinski definition) is 0. The van der Waals surface area contributed by atoms with E-state index in [0.29, 0.717) is 17.1 Å². The van der Waals surface area contributed by atoms with Crippen LogP contribution in [-0.4, -0.2) is 11.3 Å². The summed E-state index contributed by atoms with van der Waals surface area (Å²) in [6, 6.07) is 8.83. The zero-order chi connectivity index (χ0) is 11.4. The molecule has 0 fully saturated rings. The van der Waals surface area contributed by atoms with Crippen molar-refractivity contribution in [3.63, 3.8) is 0 Å². The minimum Gasteiger partial charge on any atom is -0.455 e. The van der Waals surface area contributed by atoms with E-state index in [1.54, 1.807) is 36.7 Å². The molecular formula is C12H8BrNO2. The highest BCUT2D eigenvalue weighted by Gasteiger charge is 2.03. The molecule has 1 aromatic carbocycles. The lowest BCUT2D eigenvalue weighted by Gasteiger charge is -2.07. The molecule has 0 saturated heterocycles. The van der Waals surface area contributed by atoms with Gasteiger partial charge in [-0.3, -0.25) is 9.78 Å². The monoisotopic (exact) mass is 277 g/mol. The van der Waals surface area contributed by atoms with Gasteiger partial charge in [0.05, 0.1) is 11.8 Å². The number of para-hydroxylation sites is 1. The lowest BCUT2D eigenvalue weighted by molar-refractivity contribution is 0.112. The number of carbonyl (C=O) groups excluding carboxylic acids is 1. The van der Waals surface area contributed by atoms with E-state index in [2.05, 4.69) is 20.9 Å². The second-order valence-electron chi connectivity index (χ2n) is 3.10. The maximum absolute atomic E-state index is 10.8. The first-order chi connectivity index (χ1) is 7.79. The first-order valence-corrected chi connectivity index (χ1v) is 5.41. The summed E-state index contributed by atoms with van der Waals surface area (Å²) in [5, 5.41) is 0. The van der Waals surface area contributed by atoms with Crippen molar-refractivity contribution in [3.8, 4) is 11.5 Å². The third kappa shape index (κ3) is 2.46. The lowest BCUT2D eigenvalue weighted by Crippen LogP contribution is -1.90. The maximum atomic E-state index is 10.8. The van der Waals surface area contributed by atoms with Crippen molar-refractivity contribution in [2.75, 3.05) is 0 Å². The van der Waals surface area contributed by atoms with Crippen molar-refractivity contribution < 1.29 is 9.53 Å². The van der Waals surface area contributed by atoms with Gasteiger partial charge >= 0.3 is 0 Å². The smallest absolute Gasteiger partial charge is 0.153 e. The largest absolute Gasteiger partial charge is 0.455 e. The summed E-state index contributed by atoms with van der Waals surface area (Å²) in [6.07, 6.45) is 4.02. The molecule has 0 aliphatic carbocycles. The van der Waals surface area contributed by atoms with Gasteiger partial charge in [-0.05, 0) is 34.1 Å². The number of rotatable bonds is 3. The predicted octanol–water partition coefficient (Wildman–Crippen LogP) is 3.45. The summed E-state index contributed by atoms with van der Waals surface area (Å²) >= 11 is 3.30. The van der Waals surface area contributed by atoms with Gasteiger partial charge < -0.3 is 4.74 Å². The number of pyridine rings is 1.